The lowest BCUT2D eigenvalue weighted by Crippen LogP contribution is -2.41. The van der Waals surface area contributed by atoms with Gasteiger partial charge in [-0.2, -0.15) is 0 Å². The Bertz CT molecular complexity index is 425. The van der Waals surface area contributed by atoms with Gasteiger partial charge < -0.3 is 9.31 Å². The van der Waals surface area contributed by atoms with E-state index >= 15 is 0 Å². The normalized spacial score (nSPS) is 26.5. The van der Waals surface area contributed by atoms with Crippen molar-refractivity contribution in [1.29, 1.82) is 0 Å². The molecule has 0 aromatic rings. The molecule has 0 aromatic carbocycles. The summed E-state index contributed by atoms with van der Waals surface area (Å²) in [5, 5.41) is 0. The molecule has 0 unspecified atom stereocenters. The van der Waals surface area contributed by atoms with Crippen molar-refractivity contribution in [3.05, 3.63) is 11.0 Å². The minimum absolute atomic E-state index is 0.146. The molecule has 0 N–H and O–H groups in total. The van der Waals surface area contributed by atoms with Gasteiger partial charge in [-0.25, -0.2) is 0 Å². The van der Waals surface area contributed by atoms with E-state index in [1.807, 2.05) is 27.7 Å². The topological polar surface area (TPSA) is 35.5 Å². The molecule has 0 amide bonds. The minimum Gasteiger partial charge on any atom is -0.400 e. The van der Waals surface area contributed by atoms with Crippen LogP contribution >= 0.6 is 0 Å². The van der Waals surface area contributed by atoms with E-state index in [0.29, 0.717) is 6.42 Å². The van der Waals surface area contributed by atoms with E-state index in [4.69, 9.17) is 9.31 Å². The van der Waals surface area contributed by atoms with Gasteiger partial charge in [-0.3, -0.25) is 4.79 Å². The summed E-state index contributed by atoms with van der Waals surface area (Å²) in [7, 11) is -0.370. The Morgan fingerprint density at radius 3 is 1.89 bits per heavy atom. The van der Waals surface area contributed by atoms with Gasteiger partial charge in [-0.15, -0.1) is 0 Å². The highest BCUT2D eigenvalue weighted by Gasteiger charge is 2.54. The molecule has 0 radical (unpaired) electrons. The molecule has 0 atom stereocenters. The molecule has 2 rings (SSSR count). The highest BCUT2D eigenvalue weighted by Crippen LogP contribution is 2.44. The molecular weight excluding hydrogens is 239 g/mol. The number of hydrogen-bond donors (Lipinski definition) is 0. The number of rotatable bonds is 1. The summed E-state index contributed by atoms with van der Waals surface area (Å²) >= 11 is 0. The SMILES string of the molecule is CC(C)(C)C1=C(B2OC(C)(C)C(C)(C)O2)CCC1=O. The molecule has 2 aliphatic rings. The maximum atomic E-state index is 12.1. The predicted octanol–water partition coefficient (Wildman–Crippen LogP) is 3.32. The maximum Gasteiger partial charge on any atom is 0.491 e. The van der Waals surface area contributed by atoms with Gasteiger partial charge in [-0.05, 0) is 50.6 Å². The van der Waals surface area contributed by atoms with E-state index < -0.39 is 0 Å². The van der Waals surface area contributed by atoms with Crippen LogP contribution in [-0.4, -0.2) is 24.1 Å². The van der Waals surface area contributed by atoms with E-state index in [1.165, 1.54) is 0 Å². The summed E-state index contributed by atoms with van der Waals surface area (Å²) in [4.78, 5) is 12.1. The van der Waals surface area contributed by atoms with Crippen molar-refractivity contribution in [1.82, 2.24) is 0 Å². The van der Waals surface area contributed by atoms with Gasteiger partial charge in [-0.1, -0.05) is 20.8 Å². The van der Waals surface area contributed by atoms with Crippen LogP contribution in [0.15, 0.2) is 11.0 Å². The van der Waals surface area contributed by atoms with Gasteiger partial charge in [0.1, 0.15) is 0 Å². The third kappa shape index (κ3) is 2.41. The van der Waals surface area contributed by atoms with Crippen LogP contribution in [0.2, 0.25) is 0 Å². The zero-order valence-electron chi connectivity index (χ0n) is 13.2. The van der Waals surface area contributed by atoms with Crippen LogP contribution in [0.4, 0.5) is 0 Å². The molecule has 1 fully saturated rings. The Kier molecular flexibility index (Phi) is 3.27. The molecule has 106 valence electrons. The number of Topliss-reactive ketones (excluding diaryl/α,β-unsaturated/α-hetero) is 1. The fraction of sp³-hybridized carbons (Fsp3) is 0.800. The molecule has 4 heteroatoms. The molecule has 0 bridgehead atoms. The van der Waals surface area contributed by atoms with Gasteiger partial charge in [0.25, 0.3) is 0 Å². The fourth-order valence-corrected chi connectivity index (χ4v) is 2.80. The molecule has 1 aliphatic heterocycles. The Labute approximate surface area is 116 Å². The first-order valence-corrected chi connectivity index (χ1v) is 7.08. The van der Waals surface area contributed by atoms with Crippen molar-refractivity contribution in [2.45, 2.75) is 72.5 Å². The zero-order valence-corrected chi connectivity index (χ0v) is 13.2. The van der Waals surface area contributed by atoms with Crippen LogP contribution in [0, 0.1) is 5.41 Å². The summed E-state index contributed by atoms with van der Waals surface area (Å²) in [6.07, 6.45) is 1.36. The maximum absolute atomic E-state index is 12.1. The van der Waals surface area contributed by atoms with Gasteiger partial charge >= 0.3 is 7.12 Å². The molecule has 0 saturated carbocycles. The summed E-state index contributed by atoms with van der Waals surface area (Å²) in [6, 6.07) is 0. The summed E-state index contributed by atoms with van der Waals surface area (Å²) < 4.78 is 12.2. The lowest BCUT2D eigenvalue weighted by molar-refractivity contribution is -0.115. The van der Waals surface area contributed by atoms with Crippen LogP contribution in [0.3, 0.4) is 0 Å². The Balaban J connectivity index is 2.38. The smallest absolute Gasteiger partial charge is 0.400 e. The lowest BCUT2D eigenvalue weighted by atomic mass is 9.70. The Morgan fingerprint density at radius 2 is 1.47 bits per heavy atom. The first kappa shape index (κ1) is 14.8. The predicted molar refractivity (Wildman–Crippen MR) is 76.8 cm³/mol. The van der Waals surface area contributed by atoms with Gasteiger partial charge in [0, 0.05) is 6.42 Å². The first-order chi connectivity index (χ1) is 8.46. The van der Waals surface area contributed by atoms with Crippen molar-refractivity contribution in [2.75, 3.05) is 0 Å². The third-order valence-electron chi connectivity index (χ3n) is 4.51. The number of carbonyl (C=O) groups excluding carboxylic acids is 1. The largest absolute Gasteiger partial charge is 0.491 e. The first-order valence-electron chi connectivity index (χ1n) is 7.08. The molecule has 3 nitrogen and oxygen atoms in total. The Hall–Kier alpha value is -0.605. The van der Waals surface area contributed by atoms with Crippen LogP contribution in [-0.2, 0) is 14.1 Å². The van der Waals surface area contributed by atoms with E-state index in [0.717, 1.165) is 17.5 Å². The average Bonchev–Trinajstić information content (AvgIpc) is 2.65. The molecule has 1 heterocycles. The lowest BCUT2D eigenvalue weighted by Gasteiger charge is -2.32. The number of allylic oxidation sites excluding steroid dienone is 2. The van der Waals surface area contributed by atoms with E-state index in [9.17, 15) is 4.79 Å². The molecule has 0 aromatic heterocycles. The number of ketones is 1. The van der Waals surface area contributed by atoms with Gasteiger partial charge in [0.15, 0.2) is 5.78 Å². The van der Waals surface area contributed by atoms with Crippen LogP contribution in [0.25, 0.3) is 0 Å². The zero-order chi connectivity index (χ0) is 14.6. The second kappa shape index (κ2) is 4.19. The second-order valence-corrected chi connectivity index (χ2v) is 7.66. The van der Waals surface area contributed by atoms with Crippen LogP contribution in [0.5, 0.6) is 0 Å². The van der Waals surface area contributed by atoms with Crippen molar-refractivity contribution < 1.29 is 14.1 Å². The minimum atomic E-state index is -0.370. The van der Waals surface area contributed by atoms with Gasteiger partial charge in [0.05, 0.1) is 11.2 Å². The highest BCUT2D eigenvalue weighted by atomic mass is 16.7. The van der Waals surface area contributed by atoms with Crippen LogP contribution < -0.4 is 0 Å². The van der Waals surface area contributed by atoms with E-state index in [2.05, 4.69) is 20.8 Å². The molecule has 1 aliphatic carbocycles. The highest BCUT2D eigenvalue weighted by molar-refractivity contribution is 6.56. The number of carbonyl (C=O) groups is 1. The quantitative estimate of drug-likeness (QED) is 0.681. The molecule has 0 spiro atoms. The average molecular weight is 264 g/mol. The van der Waals surface area contributed by atoms with E-state index in [-0.39, 0.29) is 29.5 Å². The molecule has 19 heavy (non-hydrogen) atoms. The van der Waals surface area contributed by atoms with E-state index in [1.54, 1.807) is 0 Å². The van der Waals surface area contributed by atoms with Crippen LogP contribution in [0.1, 0.15) is 61.3 Å². The molecular formula is C15H25BO3. The standard InChI is InChI=1S/C15H25BO3/c1-13(2,3)12-10(8-9-11(12)17)16-18-14(4,5)15(6,7)19-16/h8-9H2,1-7H3. The summed E-state index contributed by atoms with van der Waals surface area (Å²) in [6.45, 7) is 14.4. The molecule has 1 saturated heterocycles. The van der Waals surface area contributed by atoms with Crippen molar-refractivity contribution in [2.24, 2.45) is 5.41 Å². The monoisotopic (exact) mass is 264 g/mol. The van der Waals surface area contributed by atoms with Crippen molar-refractivity contribution >= 4 is 12.9 Å². The third-order valence-corrected chi connectivity index (χ3v) is 4.51. The van der Waals surface area contributed by atoms with Crippen molar-refractivity contribution in [3.63, 3.8) is 0 Å². The van der Waals surface area contributed by atoms with Crippen molar-refractivity contribution in [3.8, 4) is 0 Å². The number of hydrogen-bond acceptors (Lipinski definition) is 3. The second-order valence-electron chi connectivity index (χ2n) is 7.66. The fourth-order valence-electron chi connectivity index (χ4n) is 2.80. The Morgan fingerprint density at radius 1 is 1.00 bits per heavy atom. The summed E-state index contributed by atoms with van der Waals surface area (Å²) in [5.41, 5.74) is 1.12. The summed E-state index contributed by atoms with van der Waals surface area (Å²) in [5.74, 6) is 0.247. The van der Waals surface area contributed by atoms with Gasteiger partial charge in [0.2, 0.25) is 0 Å².